The van der Waals surface area contributed by atoms with Gasteiger partial charge in [0.25, 0.3) is 0 Å². The Morgan fingerprint density at radius 1 is 1.47 bits per heavy atom. The topological polar surface area (TPSA) is 63.3 Å². The molecule has 1 fully saturated rings. The van der Waals surface area contributed by atoms with Crippen LogP contribution in [0.15, 0.2) is 24.3 Å². The normalized spacial score (nSPS) is 24.4. The van der Waals surface area contributed by atoms with Crippen LogP contribution in [-0.4, -0.2) is 17.4 Å². The van der Waals surface area contributed by atoms with Gasteiger partial charge in [-0.1, -0.05) is 19.1 Å². The monoisotopic (exact) mass is 233 g/mol. The lowest BCUT2D eigenvalue weighted by molar-refractivity contribution is -0.124. The van der Waals surface area contributed by atoms with Crippen LogP contribution in [-0.2, 0) is 4.79 Å². The summed E-state index contributed by atoms with van der Waals surface area (Å²) >= 11 is 0. The highest BCUT2D eigenvalue weighted by Crippen LogP contribution is 2.49. The molecule has 0 heterocycles. The number of carbonyl (C=O) groups excluding carboxylic acids is 1. The number of aromatic hydroxyl groups is 1. The van der Waals surface area contributed by atoms with Crippen molar-refractivity contribution in [3.8, 4) is 5.75 Å². The highest BCUT2D eigenvalue weighted by atomic mass is 16.3. The molecule has 3 heteroatoms. The van der Waals surface area contributed by atoms with E-state index in [0.717, 1.165) is 18.4 Å². The van der Waals surface area contributed by atoms with Crippen molar-refractivity contribution in [2.24, 2.45) is 17.6 Å². The van der Waals surface area contributed by atoms with Gasteiger partial charge in [0.05, 0.1) is 0 Å². The molecule has 17 heavy (non-hydrogen) atoms. The standard InChI is InChI=1S/C14H19NO2/c1-2-9(8-15)14(17)13-7-12(13)10-3-5-11(16)6-4-10/h3-6,9,12-13,16H,2,7-8,15H2,1H3. The van der Waals surface area contributed by atoms with Gasteiger partial charge in [-0.3, -0.25) is 4.79 Å². The molecule has 3 unspecified atom stereocenters. The zero-order chi connectivity index (χ0) is 12.4. The zero-order valence-corrected chi connectivity index (χ0v) is 10.1. The van der Waals surface area contributed by atoms with Gasteiger partial charge in [0.1, 0.15) is 11.5 Å². The van der Waals surface area contributed by atoms with E-state index in [-0.39, 0.29) is 17.6 Å². The predicted octanol–water partition coefficient (Wildman–Crippen LogP) is 2.05. The van der Waals surface area contributed by atoms with Crippen LogP contribution >= 0.6 is 0 Å². The van der Waals surface area contributed by atoms with E-state index in [4.69, 9.17) is 5.73 Å². The quantitative estimate of drug-likeness (QED) is 0.818. The summed E-state index contributed by atoms with van der Waals surface area (Å²) in [6.45, 7) is 2.46. The van der Waals surface area contributed by atoms with Crippen molar-refractivity contribution in [3.63, 3.8) is 0 Å². The fraction of sp³-hybridized carbons (Fsp3) is 0.500. The van der Waals surface area contributed by atoms with Crippen LogP contribution in [0.25, 0.3) is 0 Å². The van der Waals surface area contributed by atoms with Crippen LogP contribution in [0.2, 0.25) is 0 Å². The number of carbonyl (C=O) groups is 1. The second-order valence-corrected chi connectivity index (χ2v) is 4.78. The maximum Gasteiger partial charge on any atom is 0.140 e. The first-order valence-corrected chi connectivity index (χ1v) is 6.20. The molecule has 3 N–H and O–H groups in total. The number of hydrogen-bond acceptors (Lipinski definition) is 3. The van der Waals surface area contributed by atoms with E-state index in [1.54, 1.807) is 12.1 Å². The number of Topliss-reactive ketones (excluding diaryl/α,β-unsaturated/α-hetero) is 1. The van der Waals surface area contributed by atoms with Crippen molar-refractivity contribution in [1.82, 2.24) is 0 Å². The minimum absolute atomic E-state index is 0.0158. The summed E-state index contributed by atoms with van der Waals surface area (Å²) in [4.78, 5) is 12.1. The maximum absolute atomic E-state index is 12.1. The Morgan fingerprint density at radius 3 is 2.65 bits per heavy atom. The largest absolute Gasteiger partial charge is 0.508 e. The average molecular weight is 233 g/mol. The fourth-order valence-electron chi connectivity index (χ4n) is 2.39. The van der Waals surface area contributed by atoms with E-state index in [9.17, 15) is 9.90 Å². The Labute approximate surface area is 102 Å². The molecular weight excluding hydrogens is 214 g/mol. The molecule has 0 spiro atoms. The second kappa shape index (κ2) is 4.88. The third-order valence-corrected chi connectivity index (χ3v) is 3.66. The summed E-state index contributed by atoms with van der Waals surface area (Å²) in [7, 11) is 0. The SMILES string of the molecule is CCC(CN)C(=O)C1CC1c1ccc(O)cc1. The minimum Gasteiger partial charge on any atom is -0.508 e. The molecule has 3 atom stereocenters. The molecule has 0 aliphatic heterocycles. The summed E-state index contributed by atoms with van der Waals surface area (Å²) < 4.78 is 0. The van der Waals surface area contributed by atoms with E-state index in [1.165, 1.54) is 0 Å². The first-order chi connectivity index (χ1) is 8.17. The maximum atomic E-state index is 12.1. The molecule has 1 aromatic carbocycles. The molecule has 1 aliphatic carbocycles. The first kappa shape index (κ1) is 12.1. The van der Waals surface area contributed by atoms with Crippen LogP contribution < -0.4 is 5.73 Å². The van der Waals surface area contributed by atoms with Gasteiger partial charge in [-0.25, -0.2) is 0 Å². The summed E-state index contributed by atoms with van der Waals surface area (Å²) in [5.74, 6) is 1.08. The van der Waals surface area contributed by atoms with Gasteiger partial charge in [-0.2, -0.15) is 0 Å². The molecule has 0 aromatic heterocycles. The number of hydrogen-bond donors (Lipinski definition) is 2. The van der Waals surface area contributed by atoms with E-state index >= 15 is 0 Å². The van der Waals surface area contributed by atoms with Gasteiger partial charge in [0, 0.05) is 18.4 Å². The number of rotatable bonds is 5. The summed E-state index contributed by atoms with van der Waals surface area (Å²) in [5.41, 5.74) is 6.75. The number of phenolic OH excluding ortho intramolecular Hbond substituents is 1. The molecular formula is C14H19NO2. The number of nitrogens with two attached hydrogens (primary N) is 1. The number of phenols is 1. The van der Waals surface area contributed by atoms with Crippen LogP contribution in [0.3, 0.4) is 0 Å². The Bertz CT molecular complexity index is 395. The fourth-order valence-corrected chi connectivity index (χ4v) is 2.39. The highest BCUT2D eigenvalue weighted by molar-refractivity contribution is 5.87. The lowest BCUT2D eigenvalue weighted by Crippen LogP contribution is -2.24. The molecule has 0 amide bonds. The highest BCUT2D eigenvalue weighted by Gasteiger charge is 2.45. The Hall–Kier alpha value is -1.35. The summed E-state index contributed by atoms with van der Waals surface area (Å²) in [6.07, 6.45) is 1.76. The molecule has 1 aromatic rings. The van der Waals surface area contributed by atoms with Crippen molar-refractivity contribution < 1.29 is 9.90 Å². The zero-order valence-electron chi connectivity index (χ0n) is 10.1. The molecule has 2 rings (SSSR count). The third kappa shape index (κ3) is 2.50. The lowest BCUT2D eigenvalue weighted by atomic mass is 9.95. The van der Waals surface area contributed by atoms with E-state index in [1.807, 2.05) is 19.1 Å². The van der Waals surface area contributed by atoms with E-state index in [2.05, 4.69) is 0 Å². The molecule has 1 aliphatic rings. The minimum atomic E-state index is 0.0158. The van der Waals surface area contributed by atoms with Gasteiger partial charge in [0.15, 0.2) is 0 Å². The van der Waals surface area contributed by atoms with Crippen LogP contribution in [0.4, 0.5) is 0 Å². The summed E-state index contributed by atoms with van der Waals surface area (Å²) in [6, 6.07) is 7.15. The number of ketones is 1. The molecule has 0 radical (unpaired) electrons. The van der Waals surface area contributed by atoms with Crippen LogP contribution in [0.1, 0.15) is 31.2 Å². The lowest BCUT2D eigenvalue weighted by Gasteiger charge is -2.10. The van der Waals surface area contributed by atoms with Gasteiger partial charge in [-0.15, -0.1) is 0 Å². The Kier molecular flexibility index (Phi) is 3.48. The summed E-state index contributed by atoms with van der Waals surface area (Å²) in [5, 5.41) is 9.21. The van der Waals surface area contributed by atoms with Crippen LogP contribution in [0, 0.1) is 11.8 Å². The van der Waals surface area contributed by atoms with Crippen molar-refractivity contribution in [2.75, 3.05) is 6.54 Å². The van der Waals surface area contributed by atoms with Crippen molar-refractivity contribution in [1.29, 1.82) is 0 Å². The molecule has 0 bridgehead atoms. The van der Waals surface area contributed by atoms with Crippen molar-refractivity contribution in [3.05, 3.63) is 29.8 Å². The first-order valence-electron chi connectivity index (χ1n) is 6.20. The Balaban J connectivity index is 2.00. The predicted molar refractivity (Wildman–Crippen MR) is 66.8 cm³/mol. The van der Waals surface area contributed by atoms with E-state index in [0.29, 0.717) is 18.2 Å². The van der Waals surface area contributed by atoms with Crippen molar-refractivity contribution >= 4 is 5.78 Å². The van der Waals surface area contributed by atoms with E-state index < -0.39 is 0 Å². The Morgan fingerprint density at radius 2 is 2.12 bits per heavy atom. The molecule has 92 valence electrons. The van der Waals surface area contributed by atoms with Gasteiger partial charge >= 0.3 is 0 Å². The average Bonchev–Trinajstić information content (AvgIpc) is 3.11. The smallest absolute Gasteiger partial charge is 0.140 e. The van der Waals surface area contributed by atoms with Gasteiger partial charge in [0.2, 0.25) is 0 Å². The molecule has 1 saturated carbocycles. The van der Waals surface area contributed by atoms with Gasteiger partial charge < -0.3 is 10.8 Å². The number of benzene rings is 1. The van der Waals surface area contributed by atoms with Crippen molar-refractivity contribution in [2.45, 2.75) is 25.7 Å². The second-order valence-electron chi connectivity index (χ2n) is 4.78. The van der Waals surface area contributed by atoms with Gasteiger partial charge in [-0.05, 0) is 36.5 Å². The molecule has 3 nitrogen and oxygen atoms in total. The molecule has 0 saturated heterocycles. The third-order valence-electron chi connectivity index (χ3n) is 3.66. The van der Waals surface area contributed by atoms with Crippen LogP contribution in [0.5, 0.6) is 5.75 Å².